The summed E-state index contributed by atoms with van der Waals surface area (Å²) in [5.74, 6) is 1.42. The second-order valence-corrected chi connectivity index (χ2v) is 8.04. The van der Waals surface area contributed by atoms with Crippen LogP contribution in [-0.4, -0.2) is 24.7 Å². The summed E-state index contributed by atoms with van der Waals surface area (Å²) in [5.41, 5.74) is 6.53. The molecule has 3 heterocycles. The van der Waals surface area contributed by atoms with Gasteiger partial charge in [0, 0.05) is 22.5 Å². The van der Waals surface area contributed by atoms with Gasteiger partial charge in [-0.2, -0.15) is 5.10 Å². The van der Waals surface area contributed by atoms with Gasteiger partial charge < -0.3 is 10.1 Å². The molecule has 3 aromatic heterocycles. The topological polar surface area (TPSA) is 77.8 Å². The smallest absolute Gasteiger partial charge is 0.322 e. The summed E-state index contributed by atoms with van der Waals surface area (Å²) in [5, 5.41) is 9.20. The Kier molecular flexibility index (Phi) is 5.22. The van der Waals surface area contributed by atoms with E-state index in [2.05, 4.69) is 22.2 Å². The molecule has 0 radical (unpaired) electrons. The number of nitrogens with zero attached hydrogens (tertiary/aromatic N) is 5. The standard InChI is InChI=1S/C26H24N6O/c1-16-14-23(30-25-24(16)19(4)31-32(25)21-8-6-5-7-9-21)29-20-10-12-22(13-11-20)33-26-27-17(2)15-18(3)28-26/h5-15H,1-4H3,(H,29,30). The summed E-state index contributed by atoms with van der Waals surface area (Å²) in [6.07, 6.45) is 0. The number of pyridine rings is 1. The van der Waals surface area contributed by atoms with Gasteiger partial charge in [0.15, 0.2) is 5.65 Å². The highest BCUT2D eigenvalue weighted by molar-refractivity contribution is 5.85. The summed E-state index contributed by atoms with van der Waals surface area (Å²) in [6, 6.07) is 22.0. The number of hydrogen-bond acceptors (Lipinski definition) is 6. The molecule has 0 saturated heterocycles. The van der Waals surface area contributed by atoms with Gasteiger partial charge in [-0.05, 0) is 81.8 Å². The lowest BCUT2D eigenvalue weighted by Crippen LogP contribution is -2.00. The van der Waals surface area contributed by atoms with Crippen molar-refractivity contribution >= 4 is 22.5 Å². The molecule has 164 valence electrons. The van der Waals surface area contributed by atoms with Gasteiger partial charge in [0.1, 0.15) is 11.6 Å². The number of aromatic nitrogens is 5. The molecular weight excluding hydrogens is 412 g/mol. The second kappa shape index (κ2) is 8.35. The SMILES string of the molecule is Cc1cc(C)nc(Oc2ccc(Nc3cc(C)c4c(C)nn(-c5ccccc5)c4n3)cc2)n1. The van der Waals surface area contributed by atoms with Crippen molar-refractivity contribution in [1.29, 1.82) is 0 Å². The highest BCUT2D eigenvalue weighted by atomic mass is 16.5. The number of para-hydroxylation sites is 1. The molecule has 5 rings (SSSR count). The van der Waals surface area contributed by atoms with Crippen molar-refractivity contribution in [3.05, 3.63) is 89.4 Å². The monoisotopic (exact) mass is 436 g/mol. The van der Waals surface area contributed by atoms with Crippen LogP contribution in [0.2, 0.25) is 0 Å². The van der Waals surface area contributed by atoms with Gasteiger partial charge in [-0.3, -0.25) is 0 Å². The predicted molar refractivity (Wildman–Crippen MR) is 130 cm³/mol. The predicted octanol–water partition coefficient (Wildman–Crippen LogP) is 5.98. The number of hydrogen-bond donors (Lipinski definition) is 1. The molecule has 0 aliphatic heterocycles. The first-order valence-electron chi connectivity index (χ1n) is 10.8. The van der Waals surface area contributed by atoms with Crippen molar-refractivity contribution in [1.82, 2.24) is 24.7 Å². The fourth-order valence-corrected chi connectivity index (χ4v) is 3.92. The van der Waals surface area contributed by atoms with Crippen LogP contribution < -0.4 is 10.1 Å². The number of aryl methyl sites for hydroxylation is 4. The van der Waals surface area contributed by atoms with Crippen LogP contribution in [0.25, 0.3) is 16.7 Å². The molecule has 7 heteroatoms. The van der Waals surface area contributed by atoms with E-state index in [4.69, 9.17) is 14.8 Å². The van der Waals surface area contributed by atoms with E-state index < -0.39 is 0 Å². The van der Waals surface area contributed by atoms with E-state index >= 15 is 0 Å². The highest BCUT2D eigenvalue weighted by Crippen LogP contribution is 2.28. The number of ether oxygens (including phenoxy) is 1. The van der Waals surface area contributed by atoms with Gasteiger partial charge in [0.2, 0.25) is 0 Å². The molecule has 0 fully saturated rings. The van der Waals surface area contributed by atoms with Crippen LogP contribution in [0.15, 0.2) is 66.7 Å². The number of fused-ring (bicyclic) bond motifs is 1. The molecule has 0 amide bonds. The fraction of sp³-hybridized carbons (Fsp3) is 0.154. The van der Waals surface area contributed by atoms with Crippen LogP contribution >= 0.6 is 0 Å². The van der Waals surface area contributed by atoms with Crippen molar-refractivity contribution < 1.29 is 4.74 Å². The first kappa shape index (κ1) is 20.6. The van der Waals surface area contributed by atoms with Gasteiger partial charge in [-0.25, -0.2) is 19.6 Å². The third kappa shape index (κ3) is 4.25. The summed E-state index contributed by atoms with van der Waals surface area (Å²) in [7, 11) is 0. The van der Waals surface area contributed by atoms with Crippen LogP contribution in [0.5, 0.6) is 11.8 Å². The first-order valence-corrected chi connectivity index (χ1v) is 10.8. The molecule has 0 aliphatic rings. The van der Waals surface area contributed by atoms with E-state index in [1.165, 1.54) is 0 Å². The first-order chi connectivity index (χ1) is 16.0. The maximum absolute atomic E-state index is 5.81. The number of anilines is 2. The summed E-state index contributed by atoms with van der Waals surface area (Å²) >= 11 is 0. The van der Waals surface area contributed by atoms with Gasteiger partial charge in [-0.1, -0.05) is 18.2 Å². The Morgan fingerprint density at radius 3 is 2.18 bits per heavy atom. The van der Waals surface area contributed by atoms with E-state index in [1.807, 2.05) is 92.2 Å². The maximum atomic E-state index is 5.81. The third-order valence-corrected chi connectivity index (χ3v) is 5.31. The van der Waals surface area contributed by atoms with Crippen LogP contribution in [0.3, 0.4) is 0 Å². The molecule has 0 bridgehead atoms. The van der Waals surface area contributed by atoms with E-state index in [1.54, 1.807) is 0 Å². The molecule has 33 heavy (non-hydrogen) atoms. The Balaban J connectivity index is 1.42. The zero-order chi connectivity index (χ0) is 22.9. The zero-order valence-electron chi connectivity index (χ0n) is 19.0. The fourth-order valence-electron chi connectivity index (χ4n) is 3.92. The molecule has 0 unspecified atom stereocenters. The number of nitrogens with one attached hydrogen (secondary N) is 1. The minimum atomic E-state index is 0.348. The Morgan fingerprint density at radius 1 is 0.788 bits per heavy atom. The second-order valence-electron chi connectivity index (χ2n) is 8.04. The normalized spacial score (nSPS) is 11.0. The average Bonchev–Trinajstić information content (AvgIpc) is 3.12. The lowest BCUT2D eigenvalue weighted by Gasteiger charge is -2.10. The average molecular weight is 437 g/mol. The Morgan fingerprint density at radius 2 is 1.48 bits per heavy atom. The van der Waals surface area contributed by atoms with Crippen molar-refractivity contribution in [2.45, 2.75) is 27.7 Å². The molecule has 7 nitrogen and oxygen atoms in total. The molecule has 1 N–H and O–H groups in total. The lowest BCUT2D eigenvalue weighted by atomic mass is 10.1. The number of benzene rings is 2. The molecule has 0 atom stereocenters. The van der Waals surface area contributed by atoms with Gasteiger partial charge in [-0.15, -0.1) is 0 Å². The third-order valence-electron chi connectivity index (χ3n) is 5.31. The summed E-state index contributed by atoms with van der Waals surface area (Å²) < 4.78 is 7.70. The van der Waals surface area contributed by atoms with Crippen LogP contribution in [0.4, 0.5) is 11.5 Å². The van der Waals surface area contributed by atoms with E-state index in [9.17, 15) is 0 Å². The van der Waals surface area contributed by atoms with Crippen LogP contribution in [0.1, 0.15) is 22.6 Å². The zero-order valence-corrected chi connectivity index (χ0v) is 19.0. The van der Waals surface area contributed by atoms with Gasteiger partial charge in [0.05, 0.1) is 11.4 Å². The molecular formula is C26H24N6O. The number of rotatable bonds is 5. The Bertz CT molecular complexity index is 1420. The van der Waals surface area contributed by atoms with Crippen molar-refractivity contribution in [3.63, 3.8) is 0 Å². The van der Waals surface area contributed by atoms with E-state index in [0.717, 1.165) is 50.9 Å². The van der Waals surface area contributed by atoms with E-state index in [-0.39, 0.29) is 0 Å². The quantitative estimate of drug-likeness (QED) is 0.365. The minimum Gasteiger partial charge on any atom is -0.424 e. The Labute approximate surface area is 192 Å². The lowest BCUT2D eigenvalue weighted by molar-refractivity contribution is 0.439. The molecule has 0 saturated carbocycles. The van der Waals surface area contributed by atoms with Gasteiger partial charge >= 0.3 is 6.01 Å². The summed E-state index contributed by atoms with van der Waals surface area (Å²) in [4.78, 5) is 13.5. The molecule has 0 aliphatic carbocycles. The summed E-state index contributed by atoms with van der Waals surface area (Å²) in [6.45, 7) is 7.94. The van der Waals surface area contributed by atoms with Gasteiger partial charge in [0.25, 0.3) is 0 Å². The highest BCUT2D eigenvalue weighted by Gasteiger charge is 2.14. The van der Waals surface area contributed by atoms with Crippen LogP contribution in [-0.2, 0) is 0 Å². The van der Waals surface area contributed by atoms with Crippen molar-refractivity contribution in [3.8, 4) is 17.4 Å². The largest absolute Gasteiger partial charge is 0.424 e. The maximum Gasteiger partial charge on any atom is 0.322 e. The minimum absolute atomic E-state index is 0.348. The van der Waals surface area contributed by atoms with Crippen LogP contribution in [0, 0.1) is 27.7 Å². The van der Waals surface area contributed by atoms with Crippen molar-refractivity contribution in [2.75, 3.05) is 5.32 Å². The van der Waals surface area contributed by atoms with Crippen molar-refractivity contribution in [2.24, 2.45) is 0 Å². The molecule has 2 aromatic carbocycles. The van der Waals surface area contributed by atoms with E-state index in [0.29, 0.717) is 11.8 Å². The molecule has 5 aromatic rings. The Hall–Kier alpha value is -4.26. The molecule has 0 spiro atoms.